The summed E-state index contributed by atoms with van der Waals surface area (Å²) in [6.45, 7) is 6.80. The molecular formula is C21H25FN6O2. The number of piperidine rings is 1. The standard InChI is InChI=1S/C21H25FN6O2/c1-21(2,3)28(20(29)30)15-5-4-8-27(12-15)18-10-17(25-19(24)26-18)13-6-7-14(11-23)16(22)9-13/h6-7,9-10,15H,4-5,8,12H2,1-3H3,(H,29,30)(H2,24,25,26)/t15-/m0/s1. The van der Waals surface area contributed by atoms with E-state index < -0.39 is 17.4 Å². The van der Waals surface area contributed by atoms with E-state index in [0.717, 1.165) is 12.8 Å². The summed E-state index contributed by atoms with van der Waals surface area (Å²) >= 11 is 0. The van der Waals surface area contributed by atoms with Crippen LogP contribution in [0.5, 0.6) is 0 Å². The SMILES string of the molecule is CC(C)(C)N(C(=O)O)[C@H]1CCCN(c2cc(-c3ccc(C#N)c(F)c3)nc(N)n2)C1. The van der Waals surface area contributed by atoms with E-state index in [4.69, 9.17) is 11.0 Å². The Bertz CT molecular complexity index is 998. The van der Waals surface area contributed by atoms with E-state index in [-0.39, 0.29) is 17.6 Å². The highest BCUT2D eigenvalue weighted by molar-refractivity contribution is 5.67. The molecule has 3 N–H and O–H groups in total. The van der Waals surface area contributed by atoms with Crippen molar-refractivity contribution in [1.82, 2.24) is 14.9 Å². The van der Waals surface area contributed by atoms with Crippen molar-refractivity contribution in [2.75, 3.05) is 23.7 Å². The number of hydrogen-bond donors (Lipinski definition) is 2. The van der Waals surface area contributed by atoms with Gasteiger partial charge in [-0.15, -0.1) is 0 Å². The Morgan fingerprint density at radius 3 is 2.70 bits per heavy atom. The van der Waals surface area contributed by atoms with Crippen LogP contribution in [0.15, 0.2) is 24.3 Å². The average Bonchev–Trinajstić information content (AvgIpc) is 2.66. The maximum absolute atomic E-state index is 14.1. The lowest BCUT2D eigenvalue weighted by atomic mass is 9.97. The predicted molar refractivity (Wildman–Crippen MR) is 111 cm³/mol. The number of nitrogen functional groups attached to an aromatic ring is 1. The van der Waals surface area contributed by atoms with E-state index in [0.29, 0.717) is 30.2 Å². The van der Waals surface area contributed by atoms with Gasteiger partial charge in [0.2, 0.25) is 5.95 Å². The molecule has 2 aromatic rings. The number of carbonyl (C=O) groups is 1. The topological polar surface area (TPSA) is 119 Å². The second-order valence-corrected chi connectivity index (χ2v) is 8.34. The number of nitrogens with two attached hydrogens (primary N) is 1. The van der Waals surface area contributed by atoms with Crippen LogP contribution in [-0.2, 0) is 0 Å². The smallest absolute Gasteiger partial charge is 0.408 e. The molecule has 1 fully saturated rings. The van der Waals surface area contributed by atoms with Crippen LogP contribution in [0.2, 0.25) is 0 Å². The monoisotopic (exact) mass is 412 g/mol. The number of halogens is 1. The minimum Gasteiger partial charge on any atom is -0.465 e. The minimum absolute atomic E-state index is 0.0419. The molecule has 3 rings (SSSR count). The summed E-state index contributed by atoms with van der Waals surface area (Å²) < 4.78 is 14.1. The first-order valence-electron chi connectivity index (χ1n) is 9.72. The van der Waals surface area contributed by atoms with E-state index in [2.05, 4.69) is 9.97 Å². The number of rotatable bonds is 3. The van der Waals surface area contributed by atoms with Gasteiger partial charge in [-0.05, 0) is 45.7 Å². The summed E-state index contributed by atoms with van der Waals surface area (Å²) in [4.78, 5) is 23.9. The van der Waals surface area contributed by atoms with Crippen LogP contribution < -0.4 is 10.6 Å². The summed E-state index contributed by atoms with van der Waals surface area (Å²) in [6.07, 6.45) is 0.606. The fourth-order valence-corrected chi connectivity index (χ4v) is 3.89. The molecule has 0 spiro atoms. The lowest BCUT2D eigenvalue weighted by Crippen LogP contribution is -2.57. The van der Waals surface area contributed by atoms with E-state index in [9.17, 15) is 14.3 Å². The number of anilines is 2. The molecule has 8 nitrogen and oxygen atoms in total. The molecule has 0 radical (unpaired) electrons. The third-order valence-electron chi connectivity index (χ3n) is 5.13. The van der Waals surface area contributed by atoms with Gasteiger partial charge < -0.3 is 15.7 Å². The summed E-state index contributed by atoms with van der Waals surface area (Å²) in [5, 5.41) is 18.6. The molecule has 1 aromatic carbocycles. The van der Waals surface area contributed by atoms with Crippen molar-refractivity contribution in [2.45, 2.75) is 45.2 Å². The molecular weight excluding hydrogens is 387 g/mol. The molecule has 158 valence electrons. The van der Waals surface area contributed by atoms with Gasteiger partial charge >= 0.3 is 6.09 Å². The molecule has 1 saturated heterocycles. The number of benzene rings is 1. The maximum atomic E-state index is 14.1. The Balaban J connectivity index is 1.92. The first-order valence-corrected chi connectivity index (χ1v) is 9.72. The third kappa shape index (κ3) is 4.43. The lowest BCUT2D eigenvalue weighted by Gasteiger charge is -2.44. The zero-order valence-corrected chi connectivity index (χ0v) is 17.3. The second-order valence-electron chi connectivity index (χ2n) is 8.34. The fraction of sp³-hybridized carbons (Fsp3) is 0.429. The quantitative estimate of drug-likeness (QED) is 0.792. The predicted octanol–water partition coefficient (Wildman–Crippen LogP) is 3.48. The number of amides is 1. The largest absolute Gasteiger partial charge is 0.465 e. The number of hydrogen-bond acceptors (Lipinski definition) is 6. The molecule has 0 saturated carbocycles. The van der Waals surface area contributed by atoms with Gasteiger partial charge in [-0.2, -0.15) is 10.2 Å². The van der Waals surface area contributed by atoms with Crippen molar-refractivity contribution in [2.24, 2.45) is 0 Å². The summed E-state index contributed by atoms with van der Waals surface area (Å²) in [6, 6.07) is 7.56. The average molecular weight is 412 g/mol. The van der Waals surface area contributed by atoms with Crippen LogP contribution in [0, 0.1) is 17.1 Å². The van der Waals surface area contributed by atoms with Crippen LogP contribution in [0.3, 0.4) is 0 Å². The van der Waals surface area contributed by atoms with E-state index >= 15 is 0 Å². The van der Waals surface area contributed by atoms with Crippen molar-refractivity contribution in [3.05, 3.63) is 35.6 Å². The molecule has 30 heavy (non-hydrogen) atoms. The van der Waals surface area contributed by atoms with Crippen LogP contribution in [0.25, 0.3) is 11.3 Å². The maximum Gasteiger partial charge on any atom is 0.408 e. The van der Waals surface area contributed by atoms with Crippen molar-refractivity contribution < 1.29 is 14.3 Å². The Labute approximate surface area is 174 Å². The summed E-state index contributed by atoms with van der Waals surface area (Å²) in [5.41, 5.74) is 6.25. The summed E-state index contributed by atoms with van der Waals surface area (Å²) in [5.74, 6) is -0.0273. The molecule has 1 amide bonds. The number of carboxylic acid groups (broad SMARTS) is 1. The highest BCUT2D eigenvalue weighted by atomic mass is 19.1. The Morgan fingerprint density at radius 2 is 2.10 bits per heavy atom. The highest BCUT2D eigenvalue weighted by Gasteiger charge is 2.36. The Morgan fingerprint density at radius 1 is 1.37 bits per heavy atom. The lowest BCUT2D eigenvalue weighted by molar-refractivity contribution is 0.0647. The number of nitrogens with zero attached hydrogens (tertiary/aromatic N) is 5. The first kappa shape index (κ1) is 21.3. The van der Waals surface area contributed by atoms with Gasteiger partial charge in [0.05, 0.1) is 17.3 Å². The van der Waals surface area contributed by atoms with E-state index in [1.165, 1.54) is 17.0 Å². The molecule has 1 aliphatic rings. The van der Waals surface area contributed by atoms with Gasteiger partial charge in [0.15, 0.2) is 0 Å². The highest BCUT2D eigenvalue weighted by Crippen LogP contribution is 2.29. The minimum atomic E-state index is -0.953. The molecule has 0 aliphatic carbocycles. The number of nitriles is 1. The molecule has 1 aromatic heterocycles. The van der Waals surface area contributed by atoms with E-state index in [1.807, 2.05) is 25.7 Å². The molecule has 2 heterocycles. The normalized spacial score (nSPS) is 16.8. The zero-order chi connectivity index (χ0) is 22.1. The van der Waals surface area contributed by atoms with Crippen LogP contribution in [-0.4, -0.2) is 50.7 Å². The zero-order valence-electron chi connectivity index (χ0n) is 17.3. The van der Waals surface area contributed by atoms with Gasteiger partial charge in [-0.25, -0.2) is 14.2 Å². The van der Waals surface area contributed by atoms with Crippen molar-refractivity contribution >= 4 is 17.9 Å². The van der Waals surface area contributed by atoms with Gasteiger partial charge in [0.1, 0.15) is 17.7 Å². The van der Waals surface area contributed by atoms with E-state index in [1.54, 1.807) is 18.2 Å². The van der Waals surface area contributed by atoms with Crippen LogP contribution in [0.4, 0.5) is 21.0 Å². The number of aromatic nitrogens is 2. The van der Waals surface area contributed by atoms with Crippen molar-refractivity contribution in [3.8, 4) is 17.3 Å². The fourth-order valence-electron chi connectivity index (χ4n) is 3.89. The van der Waals surface area contributed by atoms with Crippen molar-refractivity contribution in [3.63, 3.8) is 0 Å². The molecule has 9 heteroatoms. The van der Waals surface area contributed by atoms with Gasteiger partial charge in [-0.3, -0.25) is 4.90 Å². The van der Waals surface area contributed by atoms with Crippen molar-refractivity contribution in [1.29, 1.82) is 5.26 Å². The molecule has 0 bridgehead atoms. The van der Waals surface area contributed by atoms with Gasteiger partial charge in [0.25, 0.3) is 0 Å². The molecule has 0 unspecified atom stereocenters. The summed E-state index contributed by atoms with van der Waals surface area (Å²) in [7, 11) is 0. The van der Waals surface area contributed by atoms with Crippen LogP contribution >= 0.6 is 0 Å². The van der Waals surface area contributed by atoms with Gasteiger partial charge in [0, 0.05) is 30.3 Å². The Hall–Kier alpha value is -3.41. The second kappa shape index (κ2) is 8.14. The van der Waals surface area contributed by atoms with Gasteiger partial charge in [-0.1, -0.05) is 6.07 Å². The first-order chi connectivity index (χ1) is 14.1. The third-order valence-corrected chi connectivity index (χ3v) is 5.13. The molecule has 1 aliphatic heterocycles. The Kier molecular flexibility index (Phi) is 5.78. The van der Waals surface area contributed by atoms with Crippen LogP contribution in [0.1, 0.15) is 39.2 Å². The molecule has 1 atom stereocenters.